The van der Waals surface area contributed by atoms with Crippen LogP contribution in [0.1, 0.15) is 41.6 Å². The number of rotatable bonds is 6. The summed E-state index contributed by atoms with van der Waals surface area (Å²) in [7, 11) is 3.12. The third kappa shape index (κ3) is 4.14. The van der Waals surface area contributed by atoms with Crippen LogP contribution >= 0.6 is 0 Å². The lowest BCUT2D eigenvalue weighted by atomic mass is 9.80. The quantitative estimate of drug-likeness (QED) is 0.773. The number of hydrogen-bond donors (Lipinski definition) is 1. The Kier molecular flexibility index (Phi) is 6.11. The molecule has 144 valence electrons. The van der Waals surface area contributed by atoms with E-state index < -0.39 is 0 Å². The molecule has 27 heavy (non-hydrogen) atoms. The molecule has 2 aromatic carbocycles. The summed E-state index contributed by atoms with van der Waals surface area (Å²) in [5, 5.41) is 3.52. The summed E-state index contributed by atoms with van der Waals surface area (Å²) in [6, 6.07) is 12.2. The minimum atomic E-state index is -0.235. The van der Waals surface area contributed by atoms with E-state index in [4.69, 9.17) is 9.47 Å². The van der Waals surface area contributed by atoms with Crippen molar-refractivity contribution in [2.24, 2.45) is 5.92 Å². The molecule has 5 heteroatoms. The highest BCUT2D eigenvalue weighted by molar-refractivity contribution is 6.01. The van der Waals surface area contributed by atoms with Crippen LogP contribution < -0.4 is 14.8 Å². The van der Waals surface area contributed by atoms with Gasteiger partial charge in [0.05, 0.1) is 19.8 Å². The Hall–Kier alpha value is -2.40. The van der Waals surface area contributed by atoms with Gasteiger partial charge in [0.1, 0.15) is 5.82 Å². The smallest absolute Gasteiger partial charge is 0.171 e. The standard InChI is InChI=1S/C22H26FNO3/c1-14(15-7-9-17(23)10-8-15)19-13-16(11-12-24-19)21(25)18-5-4-6-20(26-2)22(18)27-3/h4-10,14,16,19,24H,11-13H2,1-3H3. The first-order chi connectivity index (χ1) is 13.0. The van der Waals surface area contributed by atoms with E-state index in [0.29, 0.717) is 17.1 Å². The largest absolute Gasteiger partial charge is 0.493 e. The topological polar surface area (TPSA) is 47.6 Å². The van der Waals surface area contributed by atoms with E-state index in [1.54, 1.807) is 26.4 Å². The molecule has 1 saturated heterocycles. The maximum absolute atomic E-state index is 13.2. The number of hydrogen-bond acceptors (Lipinski definition) is 4. The van der Waals surface area contributed by atoms with Crippen LogP contribution in [0.2, 0.25) is 0 Å². The first kappa shape index (κ1) is 19.4. The van der Waals surface area contributed by atoms with E-state index >= 15 is 0 Å². The Morgan fingerprint density at radius 1 is 1.15 bits per heavy atom. The van der Waals surface area contributed by atoms with Crippen LogP contribution in [0.3, 0.4) is 0 Å². The number of Topliss-reactive ketones (excluding diaryl/α,β-unsaturated/α-hetero) is 1. The Morgan fingerprint density at radius 2 is 1.89 bits per heavy atom. The van der Waals surface area contributed by atoms with Crippen molar-refractivity contribution < 1.29 is 18.7 Å². The second-order valence-electron chi connectivity index (χ2n) is 7.03. The zero-order valence-electron chi connectivity index (χ0n) is 16.0. The summed E-state index contributed by atoms with van der Waals surface area (Å²) in [6.07, 6.45) is 1.52. The molecule has 0 aromatic heterocycles. The molecule has 4 nitrogen and oxygen atoms in total. The molecular formula is C22H26FNO3. The van der Waals surface area contributed by atoms with Crippen LogP contribution in [0.4, 0.5) is 4.39 Å². The maximum atomic E-state index is 13.2. The zero-order chi connectivity index (χ0) is 19.4. The van der Waals surface area contributed by atoms with Crippen molar-refractivity contribution in [3.63, 3.8) is 0 Å². The second-order valence-corrected chi connectivity index (χ2v) is 7.03. The number of halogens is 1. The van der Waals surface area contributed by atoms with Crippen LogP contribution in [-0.2, 0) is 0 Å². The minimum absolute atomic E-state index is 0.0832. The summed E-state index contributed by atoms with van der Waals surface area (Å²) >= 11 is 0. The average Bonchev–Trinajstić information content (AvgIpc) is 2.72. The van der Waals surface area contributed by atoms with Crippen molar-refractivity contribution >= 4 is 5.78 Å². The number of methoxy groups -OCH3 is 2. The van der Waals surface area contributed by atoms with Gasteiger partial charge in [-0.05, 0) is 55.1 Å². The van der Waals surface area contributed by atoms with Crippen molar-refractivity contribution in [1.29, 1.82) is 0 Å². The van der Waals surface area contributed by atoms with E-state index in [9.17, 15) is 9.18 Å². The van der Waals surface area contributed by atoms with Gasteiger partial charge < -0.3 is 14.8 Å². The normalized spacial score (nSPS) is 20.7. The van der Waals surface area contributed by atoms with Gasteiger partial charge in [0, 0.05) is 12.0 Å². The molecular weight excluding hydrogens is 345 g/mol. The Morgan fingerprint density at radius 3 is 2.56 bits per heavy atom. The molecule has 0 radical (unpaired) electrons. The average molecular weight is 371 g/mol. The van der Waals surface area contributed by atoms with Gasteiger partial charge in [-0.25, -0.2) is 4.39 Å². The Labute approximate surface area is 159 Å². The number of piperidine rings is 1. The molecule has 0 bridgehead atoms. The van der Waals surface area contributed by atoms with Crippen molar-refractivity contribution in [3.8, 4) is 11.5 Å². The highest BCUT2D eigenvalue weighted by Gasteiger charge is 2.32. The molecule has 3 rings (SSSR count). The SMILES string of the molecule is COc1cccc(C(=O)C2CCNC(C(C)c3ccc(F)cc3)C2)c1OC. The lowest BCUT2D eigenvalue weighted by Gasteiger charge is -2.34. The highest BCUT2D eigenvalue weighted by Crippen LogP contribution is 2.35. The maximum Gasteiger partial charge on any atom is 0.171 e. The van der Waals surface area contributed by atoms with E-state index in [1.807, 2.05) is 18.2 Å². The molecule has 0 saturated carbocycles. The molecule has 0 spiro atoms. The molecule has 1 heterocycles. The third-order valence-electron chi connectivity index (χ3n) is 5.48. The van der Waals surface area contributed by atoms with Gasteiger partial charge in [0.15, 0.2) is 17.3 Å². The number of carbonyl (C=O) groups is 1. The first-order valence-corrected chi connectivity index (χ1v) is 9.29. The van der Waals surface area contributed by atoms with Gasteiger partial charge in [-0.1, -0.05) is 25.1 Å². The van der Waals surface area contributed by atoms with Gasteiger partial charge in [-0.15, -0.1) is 0 Å². The third-order valence-corrected chi connectivity index (χ3v) is 5.48. The van der Waals surface area contributed by atoms with Crippen LogP contribution in [0.15, 0.2) is 42.5 Å². The van der Waals surface area contributed by atoms with E-state index in [0.717, 1.165) is 24.9 Å². The molecule has 0 aliphatic carbocycles. The lowest BCUT2D eigenvalue weighted by molar-refractivity contribution is 0.0870. The first-order valence-electron chi connectivity index (χ1n) is 9.29. The number of para-hydroxylation sites is 1. The molecule has 1 fully saturated rings. The Bertz CT molecular complexity index is 791. The fourth-order valence-electron chi connectivity index (χ4n) is 3.87. The summed E-state index contributed by atoms with van der Waals surface area (Å²) in [5.41, 5.74) is 1.64. The number of benzene rings is 2. The summed E-state index contributed by atoms with van der Waals surface area (Å²) in [4.78, 5) is 13.2. The van der Waals surface area contributed by atoms with Crippen LogP contribution in [0.5, 0.6) is 11.5 Å². The number of ketones is 1. The van der Waals surface area contributed by atoms with Gasteiger partial charge >= 0.3 is 0 Å². The van der Waals surface area contributed by atoms with Gasteiger partial charge in [0.2, 0.25) is 0 Å². The zero-order valence-corrected chi connectivity index (χ0v) is 16.0. The fraction of sp³-hybridized carbons (Fsp3) is 0.409. The van der Waals surface area contributed by atoms with Crippen LogP contribution in [-0.4, -0.2) is 32.6 Å². The molecule has 3 atom stereocenters. The van der Waals surface area contributed by atoms with E-state index in [-0.39, 0.29) is 29.5 Å². The number of carbonyl (C=O) groups excluding carboxylic acids is 1. The predicted molar refractivity (Wildman–Crippen MR) is 103 cm³/mol. The molecule has 1 aliphatic rings. The van der Waals surface area contributed by atoms with Gasteiger partial charge in [-0.2, -0.15) is 0 Å². The minimum Gasteiger partial charge on any atom is -0.493 e. The molecule has 2 aromatic rings. The monoisotopic (exact) mass is 371 g/mol. The van der Waals surface area contributed by atoms with Crippen LogP contribution in [0, 0.1) is 11.7 Å². The van der Waals surface area contributed by atoms with Crippen LogP contribution in [0.25, 0.3) is 0 Å². The number of nitrogens with one attached hydrogen (secondary N) is 1. The molecule has 1 aliphatic heterocycles. The lowest BCUT2D eigenvalue weighted by Crippen LogP contribution is -2.43. The van der Waals surface area contributed by atoms with Crippen molar-refractivity contribution in [2.75, 3.05) is 20.8 Å². The van der Waals surface area contributed by atoms with Gasteiger partial charge in [0.25, 0.3) is 0 Å². The number of ether oxygens (including phenoxy) is 2. The van der Waals surface area contributed by atoms with Crippen molar-refractivity contribution in [3.05, 3.63) is 59.4 Å². The summed E-state index contributed by atoms with van der Waals surface area (Å²) < 4.78 is 24.0. The van der Waals surface area contributed by atoms with E-state index in [2.05, 4.69) is 12.2 Å². The van der Waals surface area contributed by atoms with Gasteiger partial charge in [-0.3, -0.25) is 4.79 Å². The summed E-state index contributed by atoms with van der Waals surface area (Å²) in [5.74, 6) is 1.01. The predicted octanol–water partition coefficient (Wildman–Crippen LogP) is 4.20. The van der Waals surface area contributed by atoms with Crippen molar-refractivity contribution in [1.82, 2.24) is 5.32 Å². The van der Waals surface area contributed by atoms with Crippen molar-refractivity contribution in [2.45, 2.75) is 31.7 Å². The Balaban J connectivity index is 1.78. The summed E-state index contributed by atoms with van der Waals surface area (Å²) in [6.45, 7) is 2.89. The highest BCUT2D eigenvalue weighted by atomic mass is 19.1. The molecule has 1 N–H and O–H groups in total. The molecule has 0 amide bonds. The second kappa shape index (κ2) is 8.53. The molecule has 3 unspecified atom stereocenters. The van der Waals surface area contributed by atoms with E-state index in [1.165, 1.54) is 12.1 Å². The fourth-order valence-corrected chi connectivity index (χ4v) is 3.87.